The summed E-state index contributed by atoms with van der Waals surface area (Å²) in [5, 5.41) is 6.60. The fourth-order valence-electron chi connectivity index (χ4n) is 1.14. The van der Waals surface area contributed by atoms with Crippen LogP contribution in [-0.4, -0.2) is 21.1 Å². The molecular weight excluding hydrogens is 192 g/mol. The summed E-state index contributed by atoms with van der Waals surface area (Å²) in [7, 11) is 0. The van der Waals surface area contributed by atoms with Crippen molar-refractivity contribution in [2.24, 2.45) is 16.5 Å². The van der Waals surface area contributed by atoms with Crippen LogP contribution in [0.1, 0.15) is 0 Å². The number of aromatic nitrogens is 3. The Bertz CT molecular complexity index is 468. The van der Waals surface area contributed by atoms with Crippen molar-refractivity contribution < 1.29 is 0 Å². The molecule has 0 saturated carbocycles. The molecule has 0 saturated heterocycles. The summed E-state index contributed by atoms with van der Waals surface area (Å²) in [6.07, 6.45) is 0. The second-order valence-corrected chi connectivity index (χ2v) is 2.89. The first-order valence-electron chi connectivity index (χ1n) is 4.33. The van der Waals surface area contributed by atoms with E-state index in [4.69, 9.17) is 11.5 Å². The zero-order chi connectivity index (χ0) is 10.7. The van der Waals surface area contributed by atoms with E-state index < -0.39 is 0 Å². The van der Waals surface area contributed by atoms with Gasteiger partial charge in [-0.05, 0) is 0 Å². The number of guanidine groups is 1. The number of aromatic amines is 1. The second-order valence-electron chi connectivity index (χ2n) is 2.89. The third-order valence-electron chi connectivity index (χ3n) is 1.75. The van der Waals surface area contributed by atoms with E-state index in [0.717, 1.165) is 5.56 Å². The summed E-state index contributed by atoms with van der Waals surface area (Å²) in [5.41, 5.74) is 11.3. The van der Waals surface area contributed by atoms with Crippen molar-refractivity contribution in [2.75, 3.05) is 0 Å². The Morgan fingerprint density at radius 1 is 1.20 bits per heavy atom. The van der Waals surface area contributed by atoms with Gasteiger partial charge >= 0.3 is 0 Å². The molecule has 0 amide bonds. The van der Waals surface area contributed by atoms with Gasteiger partial charge in [-0.15, -0.1) is 5.10 Å². The summed E-state index contributed by atoms with van der Waals surface area (Å²) in [6.45, 7) is 0. The highest BCUT2D eigenvalue weighted by Gasteiger charge is 2.03. The van der Waals surface area contributed by atoms with Crippen LogP contribution < -0.4 is 11.5 Å². The number of nitrogens with one attached hydrogen (secondary N) is 1. The highest BCUT2D eigenvalue weighted by Crippen LogP contribution is 2.15. The average Bonchev–Trinajstić information content (AvgIpc) is 2.67. The van der Waals surface area contributed by atoms with E-state index in [1.807, 2.05) is 30.3 Å². The molecule has 2 aromatic rings. The maximum absolute atomic E-state index is 5.21. The van der Waals surface area contributed by atoms with Crippen LogP contribution in [0.4, 0.5) is 5.95 Å². The minimum Gasteiger partial charge on any atom is -0.370 e. The van der Waals surface area contributed by atoms with Crippen molar-refractivity contribution in [3.05, 3.63) is 30.3 Å². The Hall–Kier alpha value is -2.37. The monoisotopic (exact) mass is 202 g/mol. The minimum atomic E-state index is -0.0615. The molecule has 1 aromatic heterocycles. The molecule has 2 rings (SSSR count). The molecule has 0 spiro atoms. The first-order valence-corrected chi connectivity index (χ1v) is 4.33. The third kappa shape index (κ3) is 2.11. The first kappa shape index (κ1) is 9.20. The van der Waals surface area contributed by atoms with Crippen LogP contribution in [-0.2, 0) is 0 Å². The number of nitrogens with two attached hydrogens (primary N) is 2. The molecule has 15 heavy (non-hydrogen) atoms. The third-order valence-corrected chi connectivity index (χ3v) is 1.75. The van der Waals surface area contributed by atoms with Crippen LogP contribution in [0.5, 0.6) is 0 Å². The Kier molecular flexibility index (Phi) is 2.32. The van der Waals surface area contributed by atoms with Crippen molar-refractivity contribution in [1.29, 1.82) is 0 Å². The van der Waals surface area contributed by atoms with Gasteiger partial charge in [-0.2, -0.15) is 9.98 Å². The summed E-state index contributed by atoms with van der Waals surface area (Å²) in [6, 6.07) is 9.59. The highest BCUT2D eigenvalue weighted by molar-refractivity contribution is 5.78. The molecule has 0 radical (unpaired) electrons. The SMILES string of the molecule is NC(N)=Nc1n[nH]c(-c2ccccc2)n1. The van der Waals surface area contributed by atoms with Gasteiger partial charge in [-0.1, -0.05) is 30.3 Å². The smallest absolute Gasteiger partial charge is 0.271 e. The molecule has 0 unspecified atom stereocenters. The van der Waals surface area contributed by atoms with E-state index in [1.165, 1.54) is 0 Å². The van der Waals surface area contributed by atoms with Gasteiger partial charge in [0.2, 0.25) is 0 Å². The molecule has 1 heterocycles. The number of aliphatic imine (C=N–C) groups is 1. The van der Waals surface area contributed by atoms with Crippen molar-refractivity contribution >= 4 is 11.9 Å². The van der Waals surface area contributed by atoms with Crippen molar-refractivity contribution in [2.45, 2.75) is 0 Å². The van der Waals surface area contributed by atoms with E-state index in [0.29, 0.717) is 5.82 Å². The van der Waals surface area contributed by atoms with Crippen LogP contribution in [0, 0.1) is 0 Å². The zero-order valence-corrected chi connectivity index (χ0v) is 7.88. The van der Waals surface area contributed by atoms with Crippen molar-refractivity contribution in [3.63, 3.8) is 0 Å². The Labute approximate surface area is 86.0 Å². The summed E-state index contributed by atoms with van der Waals surface area (Å²) in [4.78, 5) is 7.83. The lowest BCUT2D eigenvalue weighted by molar-refractivity contribution is 1.08. The van der Waals surface area contributed by atoms with E-state index in [9.17, 15) is 0 Å². The fourth-order valence-corrected chi connectivity index (χ4v) is 1.14. The van der Waals surface area contributed by atoms with E-state index in [1.54, 1.807) is 0 Å². The molecule has 6 heteroatoms. The number of benzene rings is 1. The van der Waals surface area contributed by atoms with E-state index in [-0.39, 0.29) is 11.9 Å². The van der Waals surface area contributed by atoms with Gasteiger partial charge in [0, 0.05) is 5.56 Å². The van der Waals surface area contributed by atoms with Gasteiger partial charge in [-0.25, -0.2) is 0 Å². The van der Waals surface area contributed by atoms with Crippen LogP contribution in [0.25, 0.3) is 11.4 Å². The molecular formula is C9H10N6. The number of H-pyrrole nitrogens is 1. The lowest BCUT2D eigenvalue weighted by Gasteiger charge is -1.92. The molecule has 0 aliphatic heterocycles. The normalized spacial score (nSPS) is 9.87. The van der Waals surface area contributed by atoms with Crippen LogP contribution in [0.15, 0.2) is 35.3 Å². The summed E-state index contributed by atoms with van der Waals surface area (Å²) >= 11 is 0. The first-order chi connectivity index (χ1) is 7.25. The predicted molar refractivity (Wildman–Crippen MR) is 57.3 cm³/mol. The van der Waals surface area contributed by atoms with Crippen LogP contribution in [0.2, 0.25) is 0 Å². The second kappa shape index (κ2) is 3.79. The molecule has 0 aliphatic carbocycles. The predicted octanol–water partition coefficient (Wildman–Crippen LogP) is 0.377. The van der Waals surface area contributed by atoms with Gasteiger partial charge in [0.05, 0.1) is 0 Å². The Balaban J connectivity index is 2.32. The molecule has 76 valence electrons. The summed E-state index contributed by atoms with van der Waals surface area (Å²) in [5.74, 6) is 0.804. The van der Waals surface area contributed by atoms with Crippen molar-refractivity contribution in [1.82, 2.24) is 15.2 Å². The maximum Gasteiger partial charge on any atom is 0.271 e. The molecule has 6 nitrogen and oxygen atoms in total. The minimum absolute atomic E-state index is 0.0615. The lowest BCUT2D eigenvalue weighted by atomic mass is 10.2. The molecule has 0 atom stereocenters. The average molecular weight is 202 g/mol. The fraction of sp³-hybridized carbons (Fsp3) is 0. The Morgan fingerprint density at radius 2 is 1.93 bits per heavy atom. The lowest BCUT2D eigenvalue weighted by Crippen LogP contribution is -2.22. The quantitative estimate of drug-likeness (QED) is 0.483. The topological polar surface area (TPSA) is 106 Å². The Morgan fingerprint density at radius 3 is 2.60 bits per heavy atom. The summed E-state index contributed by atoms with van der Waals surface area (Å²) < 4.78 is 0. The van der Waals surface area contributed by atoms with Crippen molar-refractivity contribution in [3.8, 4) is 11.4 Å². The van der Waals surface area contributed by atoms with Gasteiger partial charge < -0.3 is 11.5 Å². The van der Waals surface area contributed by atoms with Crippen LogP contribution in [0.3, 0.4) is 0 Å². The van der Waals surface area contributed by atoms with Gasteiger partial charge in [-0.3, -0.25) is 5.10 Å². The standard InChI is InChI=1S/C9H10N6/c10-8(11)13-9-12-7(14-15-9)6-4-2-1-3-5-6/h1-5H,(H5,10,11,12,13,14,15). The van der Waals surface area contributed by atoms with E-state index in [2.05, 4.69) is 20.2 Å². The number of rotatable bonds is 2. The van der Waals surface area contributed by atoms with Gasteiger partial charge in [0.25, 0.3) is 5.95 Å². The number of hydrogen-bond donors (Lipinski definition) is 3. The van der Waals surface area contributed by atoms with Crippen LogP contribution >= 0.6 is 0 Å². The molecule has 1 aromatic carbocycles. The van der Waals surface area contributed by atoms with E-state index >= 15 is 0 Å². The number of hydrogen-bond acceptors (Lipinski definition) is 3. The molecule has 0 bridgehead atoms. The molecule has 5 N–H and O–H groups in total. The maximum atomic E-state index is 5.21. The zero-order valence-electron chi connectivity index (χ0n) is 7.88. The largest absolute Gasteiger partial charge is 0.370 e. The number of nitrogens with zero attached hydrogens (tertiary/aromatic N) is 3. The molecule has 0 aliphatic rings. The van der Waals surface area contributed by atoms with Gasteiger partial charge in [0.1, 0.15) is 0 Å². The molecule has 0 fully saturated rings. The highest BCUT2D eigenvalue weighted by atomic mass is 15.3. The van der Waals surface area contributed by atoms with Gasteiger partial charge in [0.15, 0.2) is 11.8 Å².